The molecule has 2 aliphatic rings. The Kier molecular flexibility index (Phi) is 2.35. The van der Waals surface area contributed by atoms with Crippen LogP contribution in [0.5, 0.6) is 0 Å². The molecule has 1 heterocycles. The molecule has 0 bridgehead atoms. The van der Waals surface area contributed by atoms with E-state index in [1.54, 1.807) is 6.07 Å². The molecular weight excluding hydrogens is 246 g/mol. The monoisotopic (exact) mass is 255 g/mol. The maximum atomic E-state index is 11.6. The van der Waals surface area contributed by atoms with E-state index in [1.165, 1.54) is 12.1 Å². The molecule has 19 heavy (non-hydrogen) atoms. The van der Waals surface area contributed by atoms with Crippen molar-refractivity contribution in [1.82, 2.24) is 4.98 Å². The second-order valence-corrected chi connectivity index (χ2v) is 4.23. The topological polar surface area (TPSA) is 80.4 Å². The molecule has 0 fully saturated rings. The van der Waals surface area contributed by atoms with Crippen LogP contribution in [0.4, 0.5) is 0 Å². The van der Waals surface area contributed by atoms with E-state index in [0.29, 0.717) is 16.8 Å². The average molecular weight is 255 g/mol. The first-order valence-corrected chi connectivity index (χ1v) is 5.64. The highest BCUT2D eigenvalue weighted by molar-refractivity contribution is 5.95. The van der Waals surface area contributed by atoms with Gasteiger partial charge in [0.1, 0.15) is 11.2 Å². The van der Waals surface area contributed by atoms with Crippen LogP contribution < -0.4 is 5.43 Å². The van der Waals surface area contributed by atoms with Crippen LogP contribution in [0, 0.1) is 6.92 Å². The van der Waals surface area contributed by atoms with E-state index in [1.807, 2.05) is 19.1 Å². The van der Waals surface area contributed by atoms with Gasteiger partial charge in [0.15, 0.2) is 22.3 Å². The number of fused-ring (bicyclic) bond motifs is 2. The highest BCUT2D eigenvalue weighted by Crippen LogP contribution is 2.27. The standard InChI is InChI=1S/C14H9NO4/c1-7-3-2-4-8-12(7)19-13-9(15-8)5-6-10(16)11(13)14(17)18/h2-6H,1H3,(H,17,18). The van der Waals surface area contributed by atoms with E-state index < -0.39 is 11.4 Å². The maximum absolute atomic E-state index is 11.6. The minimum Gasteiger partial charge on any atom is -0.477 e. The molecule has 0 aromatic heterocycles. The lowest BCUT2D eigenvalue weighted by molar-refractivity contribution is 0.0694. The molecule has 0 saturated heterocycles. The number of carbonyl (C=O) groups is 1. The van der Waals surface area contributed by atoms with Gasteiger partial charge in [-0.25, -0.2) is 9.78 Å². The fraction of sp³-hybridized carbons (Fsp3) is 0.0714. The van der Waals surface area contributed by atoms with Crippen LogP contribution in [0.25, 0.3) is 22.6 Å². The number of hydrogen-bond donors (Lipinski definition) is 1. The number of rotatable bonds is 1. The number of hydrogen-bond acceptors (Lipinski definition) is 4. The highest BCUT2D eigenvalue weighted by Gasteiger charge is 2.22. The lowest BCUT2D eigenvalue weighted by Crippen LogP contribution is -2.16. The van der Waals surface area contributed by atoms with Gasteiger partial charge in [0.25, 0.3) is 0 Å². The number of aromatic carboxylic acids is 1. The smallest absolute Gasteiger partial charge is 0.343 e. The first kappa shape index (κ1) is 11.4. The van der Waals surface area contributed by atoms with Crippen LogP contribution in [-0.2, 0) is 0 Å². The third-order valence-corrected chi connectivity index (χ3v) is 2.95. The van der Waals surface area contributed by atoms with Gasteiger partial charge < -0.3 is 9.52 Å². The van der Waals surface area contributed by atoms with Crippen LogP contribution in [-0.4, -0.2) is 16.1 Å². The third kappa shape index (κ3) is 1.67. The minimum atomic E-state index is -1.31. The van der Waals surface area contributed by atoms with Crippen molar-refractivity contribution in [3.8, 4) is 11.5 Å². The lowest BCUT2D eigenvalue weighted by Gasteiger charge is -2.09. The van der Waals surface area contributed by atoms with Gasteiger partial charge in [0, 0.05) is 0 Å². The largest absolute Gasteiger partial charge is 0.477 e. The predicted octanol–water partition coefficient (Wildman–Crippen LogP) is 2.30. The molecule has 0 radical (unpaired) electrons. The Bertz CT molecular complexity index is 835. The van der Waals surface area contributed by atoms with Crippen molar-refractivity contribution in [2.24, 2.45) is 0 Å². The fourth-order valence-electron chi connectivity index (χ4n) is 2.04. The van der Waals surface area contributed by atoms with Crippen molar-refractivity contribution in [1.29, 1.82) is 0 Å². The number of aromatic nitrogens is 1. The Morgan fingerprint density at radius 2 is 2.05 bits per heavy atom. The van der Waals surface area contributed by atoms with Crippen LogP contribution in [0.15, 0.2) is 39.5 Å². The molecule has 3 rings (SSSR count). The summed E-state index contributed by atoms with van der Waals surface area (Å²) >= 11 is 0. The molecular formula is C14H9NO4. The van der Waals surface area contributed by atoms with E-state index in [0.717, 1.165) is 5.56 Å². The molecule has 94 valence electrons. The van der Waals surface area contributed by atoms with Gasteiger partial charge in [0.05, 0.1) is 0 Å². The Hall–Kier alpha value is -2.69. The molecule has 1 N–H and O–H groups in total. The van der Waals surface area contributed by atoms with Crippen LogP contribution in [0.2, 0.25) is 0 Å². The summed E-state index contributed by atoms with van der Waals surface area (Å²) in [5.74, 6) is -1.30. The first-order chi connectivity index (χ1) is 9.08. The van der Waals surface area contributed by atoms with Crippen LogP contribution >= 0.6 is 0 Å². The van der Waals surface area contributed by atoms with Crippen molar-refractivity contribution in [2.75, 3.05) is 0 Å². The van der Waals surface area contributed by atoms with Crippen LogP contribution in [0.1, 0.15) is 15.9 Å². The molecule has 5 heteroatoms. The molecule has 0 amide bonds. The zero-order valence-electron chi connectivity index (χ0n) is 10.0. The van der Waals surface area contributed by atoms with E-state index in [2.05, 4.69) is 4.98 Å². The lowest BCUT2D eigenvalue weighted by atomic mass is 10.1. The molecule has 1 aromatic rings. The van der Waals surface area contributed by atoms with Gasteiger partial charge in [0.2, 0.25) is 0 Å². The molecule has 0 saturated carbocycles. The summed E-state index contributed by atoms with van der Waals surface area (Å²) in [5, 5.41) is 9.12. The summed E-state index contributed by atoms with van der Waals surface area (Å²) in [6.45, 7) is 1.83. The van der Waals surface area contributed by atoms with E-state index >= 15 is 0 Å². The minimum absolute atomic E-state index is 0.0156. The highest BCUT2D eigenvalue weighted by atomic mass is 16.4. The maximum Gasteiger partial charge on any atom is 0.343 e. The molecule has 0 atom stereocenters. The second kappa shape index (κ2) is 3.91. The number of carboxylic acids is 1. The molecule has 0 unspecified atom stereocenters. The zero-order chi connectivity index (χ0) is 13.6. The summed E-state index contributed by atoms with van der Waals surface area (Å²) in [5.41, 5.74) is 1.34. The summed E-state index contributed by atoms with van der Waals surface area (Å²) in [6.07, 6.45) is 0. The first-order valence-electron chi connectivity index (χ1n) is 5.64. The van der Waals surface area contributed by atoms with Crippen LogP contribution in [0.3, 0.4) is 0 Å². The second-order valence-electron chi connectivity index (χ2n) is 4.23. The van der Waals surface area contributed by atoms with Gasteiger partial charge in [-0.2, -0.15) is 0 Å². The quantitative estimate of drug-likeness (QED) is 0.675. The third-order valence-electron chi connectivity index (χ3n) is 2.95. The Morgan fingerprint density at radius 3 is 2.79 bits per heavy atom. The fourth-order valence-corrected chi connectivity index (χ4v) is 2.04. The van der Waals surface area contributed by atoms with Crippen molar-refractivity contribution in [3.05, 3.63) is 51.7 Å². The van der Waals surface area contributed by atoms with Gasteiger partial charge in [-0.1, -0.05) is 12.1 Å². The van der Waals surface area contributed by atoms with Crippen molar-refractivity contribution in [3.63, 3.8) is 0 Å². The number of carboxylic acid groups (broad SMARTS) is 1. The van der Waals surface area contributed by atoms with Crippen molar-refractivity contribution < 1.29 is 14.3 Å². The molecule has 5 nitrogen and oxygen atoms in total. The van der Waals surface area contributed by atoms with Crippen molar-refractivity contribution >= 4 is 17.1 Å². The summed E-state index contributed by atoms with van der Waals surface area (Å²) in [7, 11) is 0. The van der Waals surface area contributed by atoms with Crippen molar-refractivity contribution in [2.45, 2.75) is 6.92 Å². The molecule has 1 aromatic carbocycles. The normalized spacial score (nSPS) is 11.0. The Balaban J connectivity index is 2.53. The van der Waals surface area contributed by atoms with Gasteiger partial charge in [-0.05, 0) is 30.7 Å². The number of benzene rings is 2. The SMILES string of the molecule is Cc1cccc2nc3ccc(=O)c(C(=O)O)c-3oc12. The zero-order valence-corrected chi connectivity index (χ0v) is 10.0. The summed E-state index contributed by atoms with van der Waals surface area (Å²) < 4.78 is 5.61. The summed E-state index contributed by atoms with van der Waals surface area (Å²) in [6, 6.07) is 8.11. The van der Waals surface area contributed by atoms with Gasteiger partial charge in [-0.3, -0.25) is 4.79 Å². The Labute approximate surface area is 107 Å². The average Bonchev–Trinajstić information content (AvgIpc) is 2.37. The van der Waals surface area contributed by atoms with E-state index in [-0.39, 0.29) is 11.3 Å². The van der Waals surface area contributed by atoms with E-state index in [9.17, 15) is 9.59 Å². The predicted molar refractivity (Wildman–Crippen MR) is 68.6 cm³/mol. The summed E-state index contributed by atoms with van der Waals surface area (Å²) in [4.78, 5) is 27.1. The van der Waals surface area contributed by atoms with E-state index in [4.69, 9.17) is 9.52 Å². The number of nitrogens with zero attached hydrogens (tertiary/aromatic N) is 1. The van der Waals surface area contributed by atoms with Gasteiger partial charge >= 0.3 is 5.97 Å². The number of aryl methyl sites for hydroxylation is 1. The molecule has 1 aliphatic heterocycles. The number of para-hydroxylation sites is 1. The molecule has 0 spiro atoms. The molecule has 1 aliphatic carbocycles. The Morgan fingerprint density at radius 1 is 1.26 bits per heavy atom. The van der Waals surface area contributed by atoms with Gasteiger partial charge in [-0.15, -0.1) is 0 Å².